The molecule has 0 unspecified atom stereocenters. The topological polar surface area (TPSA) is 69.6 Å². The Labute approximate surface area is 127 Å². The molecular formula is C16H28N2O3. The number of hydrogen-bond donors (Lipinski definition) is 2. The number of rotatable bonds is 5. The molecule has 1 heterocycles. The predicted molar refractivity (Wildman–Crippen MR) is 81.0 cm³/mol. The zero-order valence-electron chi connectivity index (χ0n) is 13.1. The van der Waals surface area contributed by atoms with Gasteiger partial charge in [0, 0.05) is 25.6 Å². The molecule has 5 heteroatoms. The van der Waals surface area contributed by atoms with E-state index < -0.39 is 11.4 Å². The van der Waals surface area contributed by atoms with Gasteiger partial charge in [-0.3, -0.25) is 9.59 Å². The van der Waals surface area contributed by atoms with Gasteiger partial charge in [-0.25, -0.2) is 0 Å². The second-order valence-corrected chi connectivity index (χ2v) is 6.60. The van der Waals surface area contributed by atoms with E-state index in [1.54, 1.807) is 0 Å². The van der Waals surface area contributed by atoms with Gasteiger partial charge in [-0.05, 0) is 32.2 Å². The summed E-state index contributed by atoms with van der Waals surface area (Å²) in [5.41, 5.74) is -0.813. The van der Waals surface area contributed by atoms with Crippen LogP contribution in [-0.4, -0.2) is 47.6 Å². The smallest absolute Gasteiger partial charge is 0.310 e. The standard InChI is InChI=1S/C16H28N2O3/c1-2-18-10-6-13(7-11-18)17-14(19)12-16(15(20)21)8-4-3-5-9-16/h13H,2-12H2,1H3,(H,17,19)(H,20,21). The molecule has 1 amide bonds. The highest BCUT2D eigenvalue weighted by atomic mass is 16.4. The van der Waals surface area contributed by atoms with E-state index in [1.165, 1.54) is 0 Å². The molecule has 1 saturated carbocycles. The molecule has 2 fully saturated rings. The number of hydrogen-bond acceptors (Lipinski definition) is 3. The summed E-state index contributed by atoms with van der Waals surface area (Å²) in [6.45, 7) is 5.25. The molecule has 0 atom stereocenters. The minimum atomic E-state index is -0.813. The number of nitrogens with zero attached hydrogens (tertiary/aromatic N) is 1. The van der Waals surface area contributed by atoms with Crippen molar-refractivity contribution in [2.24, 2.45) is 5.41 Å². The molecule has 0 aromatic heterocycles. The summed E-state index contributed by atoms with van der Waals surface area (Å²) >= 11 is 0. The molecular weight excluding hydrogens is 268 g/mol. The first-order valence-electron chi connectivity index (χ1n) is 8.31. The van der Waals surface area contributed by atoms with Crippen LogP contribution in [0, 0.1) is 5.41 Å². The van der Waals surface area contributed by atoms with Gasteiger partial charge in [0.2, 0.25) is 5.91 Å². The lowest BCUT2D eigenvalue weighted by molar-refractivity contribution is -0.154. The molecule has 0 bridgehead atoms. The molecule has 0 spiro atoms. The Morgan fingerprint density at radius 3 is 2.33 bits per heavy atom. The van der Waals surface area contributed by atoms with E-state index in [1.807, 2.05) is 0 Å². The first kappa shape index (κ1) is 16.3. The van der Waals surface area contributed by atoms with Crippen molar-refractivity contribution in [2.75, 3.05) is 19.6 Å². The molecule has 21 heavy (non-hydrogen) atoms. The number of amides is 1. The predicted octanol–water partition coefficient (Wildman–Crippen LogP) is 2.01. The Balaban J connectivity index is 1.84. The Kier molecular flexibility index (Phi) is 5.62. The van der Waals surface area contributed by atoms with Crippen molar-refractivity contribution in [3.05, 3.63) is 0 Å². The third-order valence-corrected chi connectivity index (χ3v) is 5.16. The number of aliphatic carboxylic acids is 1. The van der Waals surface area contributed by atoms with Crippen LogP contribution in [0.5, 0.6) is 0 Å². The number of carbonyl (C=O) groups excluding carboxylic acids is 1. The first-order chi connectivity index (χ1) is 10.1. The highest BCUT2D eigenvalue weighted by Crippen LogP contribution is 2.39. The van der Waals surface area contributed by atoms with Gasteiger partial charge in [0.05, 0.1) is 5.41 Å². The number of nitrogens with one attached hydrogen (secondary N) is 1. The zero-order valence-corrected chi connectivity index (χ0v) is 13.1. The van der Waals surface area contributed by atoms with Crippen LogP contribution in [0.3, 0.4) is 0 Å². The summed E-state index contributed by atoms with van der Waals surface area (Å²) < 4.78 is 0. The van der Waals surface area contributed by atoms with Gasteiger partial charge in [-0.2, -0.15) is 0 Å². The van der Waals surface area contributed by atoms with E-state index in [2.05, 4.69) is 17.1 Å². The molecule has 0 radical (unpaired) electrons. The highest BCUT2D eigenvalue weighted by molar-refractivity contribution is 5.85. The van der Waals surface area contributed by atoms with Crippen molar-refractivity contribution in [2.45, 2.75) is 64.3 Å². The van der Waals surface area contributed by atoms with Gasteiger partial charge in [0.1, 0.15) is 0 Å². The van der Waals surface area contributed by atoms with Crippen molar-refractivity contribution in [3.63, 3.8) is 0 Å². The molecule has 1 aliphatic carbocycles. The van der Waals surface area contributed by atoms with Gasteiger partial charge in [-0.1, -0.05) is 26.2 Å². The van der Waals surface area contributed by atoms with E-state index >= 15 is 0 Å². The van der Waals surface area contributed by atoms with Crippen LogP contribution in [-0.2, 0) is 9.59 Å². The van der Waals surface area contributed by atoms with E-state index in [-0.39, 0.29) is 18.4 Å². The van der Waals surface area contributed by atoms with Crippen molar-refractivity contribution >= 4 is 11.9 Å². The number of carboxylic acids is 1. The molecule has 2 rings (SSSR count). The Morgan fingerprint density at radius 2 is 1.81 bits per heavy atom. The molecule has 0 aromatic carbocycles. The Morgan fingerprint density at radius 1 is 1.19 bits per heavy atom. The van der Waals surface area contributed by atoms with Crippen LogP contribution < -0.4 is 5.32 Å². The fourth-order valence-corrected chi connectivity index (χ4v) is 3.67. The zero-order chi connectivity index (χ0) is 15.3. The number of piperidine rings is 1. The monoisotopic (exact) mass is 296 g/mol. The van der Waals surface area contributed by atoms with Crippen molar-refractivity contribution < 1.29 is 14.7 Å². The average molecular weight is 296 g/mol. The number of carbonyl (C=O) groups is 2. The van der Waals surface area contributed by atoms with Crippen LogP contribution in [0.2, 0.25) is 0 Å². The summed E-state index contributed by atoms with van der Waals surface area (Å²) in [4.78, 5) is 26.2. The molecule has 2 N–H and O–H groups in total. The average Bonchev–Trinajstić information content (AvgIpc) is 2.48. The summed E-state index contributed by atoms with van der Waals surface area (Å²) in [5, 5.41) is 12.6. The lowest BCUT2D eigenvalue weighted by Crippen LogP contribution is -2.46. The van der Waals surface area contributed by atoms with Crippen LogP contribution in [0.1, 0.15) is 58.3 Å². The van der Waals surface area contributed by atoms with Crippen molar-refractivity contribution in [1.29, 1.82) is 0 Å². The summed E-state index contributed by atoms with van der Waals surface area (Å²) in [7, 11) is 0. The lowest BCUT2D eigenvalue weighted by atomic mass is 9.71. The summed E-state index contributed by atoms with van der Waals surface area (Å²) in [6.07, 6.45) is 6.32. The molecule has 2 aliphatic rings. The maximum atomic E-state index is 12.3. The Hall–Kier alpha value is -1.10. The van der Waals surface area contributed by atoms with Crippen LogP contribution in [0.25, 0.3) is 0 Å². The molecule has 5 nitrogen and oxygen atoms in total. The summed E-state index contributed by atoms with van der Waals surface area (Å²) in [6, 6.07) is 0.217. The fraction of sp³-hybridized carbons (Fsp3) is 0.875. The second-order valence-electron chi connectivity index (χ2n) is 6.60. The van der Waals surface area contributed by atoms with E-state index in [9.17, 15) is 14.7 Å². The van der Waals surface area contributed by atoms with Gasteiger partial charge in [-0.15, -0.1) is 0 Å². The number of likely N-dealkylation sites (tertiary alicyclic amines) is 1. The number of carboxylic acid groups (broad SMARTS) is 1. The highest BCUT2D eigenvalue weighted by Gasteiger charge is 2.41. The first-order valence-corrected chi connectivity index (χ1v) is 8.31. The van der Waals surface area contributed by atoms with Gasteiger partial charge in [0.25, 0.3) is 0 Å². The van der Waals surface area contributed by atoms with Gasteiger partial charge >= 0.3 is 5.97 Å². The minimum Gasteiger partial charge on any atom is -0.481 e. The quantitative estimate of drug-likeness (QED) is 0.814. The maximum Gasteiger partial charge on any atom is 0.310 e. The molecule has 1 saturated heterocycles. The van der Waals surface area contributed by atoms with E-state index in [4.69, 9.17) is 0 Å². The molecule has 1 aliphatic heterocycles. The Bertz CT molecular complexity index is 370. The van der Waals surface area contributed by atoms with E-state index in [0.717, 1.165) is 51.7 Å². The van der Waals surface area contributed by atoms with Crippen LogP contribution in [0.4, 0.5) is 0 Å². The largest absolute Gasteiger partial charge is 0.481 e. The normalized spacial score (nSPS) is 23.7. The third kappa shape index (κ3) is 4.19. The van der Waals surface area contributed by atoms with Gasteiger partial charge in [0.15, 0.2) is 0 Å². The second kappa shape index (κ2) is 7.25. The van der Waals surface area contributed by atoms with Crippen molar-refractivity contribution in [1.82, 2.24) is 10.2 Å². The lowest BCUT2D eigenvalue weighted by Gasteiger charge is -2.34. The minimum absolute atomic E-state index is 0.0748. The van der Waals surface area contributed by atoms with Gasteiger partial charge < -0.3 is 15.3 Å². The van der Waals surface area contributed by atoms with E-state index in [0.29, 0.717) is 12.8 Å². The van der Waals surface area contributed by atoms with Crippen LogP contribution >= 0.6 is 0 Å². The third-order valence-electron chi connectivity index (χ3n) is 5.16. The fourth-order valence-electron chi connectivity index (χ4n) is 3.67. The molecule has 0 aromatic rings. The van der Waals surface area contributed by atoms with Crippen molar-refractivity contribution in [3.8, 4) is 0 Å². The SMILES string of the molecule is CCN1CCC(NC(=O)CC2(C(=O)O)CCCCC2)CC1. The van der Waals surface area contributed by atoms with Crippen LogP contribution in [0.15, 0.2) is 0 Å². The molecule has 120 valence electrons. The summed E-state index contributed by atoms with van der Waals surface area (Å²) in [5.74, 6) is -0.868. The maximum absolute atomic E-state index is 12.3.